The van der Waals surface area contributed by atoms with Crippen LogP contribution in [0.3, 0.4) is 0 Å². The summed E-state index contributed by atoms with van der Waals surface area (Å²) >= 11 is 0. The minimum Gasteiger partial charge on any atom is -0.508 e. The molecular formula is C20H22N2O3. The number of aryl methyl sites for hydroxylation is 1. The van der Waals surface area contributed by atoms with E-state index in [0.29, 0.717) is 44.6 Å². The molecule has 3 rings (SSSR count). The zero-order valence-electron chi connectivity index (χ0n) is 14.1. The van der Waals surface area contributed by atoms with Gasteiger partial charge in [0.25, 0.3) is 5.91 Å². The summed E-state index contributed by atoms with van der Waals surface area (Å²) in [6, 6.07) is 16.2. The number of aromatic hydroxyl groups is 1. The van der Waals surface area contributed by atoms with Crippen molar-refractivity contribution in [2.45, 2.75) is 12.8 Å². The first kappa shape index (κ1) is 17.0. The average molecular weight is 338 g/mol. The number of nitrogens with zero attached hydrogens (tertiary/aromatic N) is 2. The highest BCUT2D eigenvalue weighted by Gasteiger charge is 2.24. The molecule has 1 fully saturated rings. The van der Waals surface area contributed by atoms with Crippen LogP contribution in [-0.2, 0) is 11.2 Å². The Morgan fingerprint density at radius 2 is 1.44 bits per heavy atom. The fraction of sp³-hybridized carbons (Fsp3) is 0.300. The first-order valence-corrected chi connectivity index (χ1v) is 8.53. The Kier molecular flexibility index (Phi) is 5.33. The van der Waals surface area contributed by atoms with E-state index in [1.807, 2.05) is 47.4 Å². The summed E-state index contributed by atoms with van der Waals surface area (Å²) in [4.78, 5) is 28.4. The van der Waals surface area contributed by atoms with Gasteiger partial charge >= 0.3 is 0 Å². The number of amides is 2. The molecule has 2 aromatic rings. The van der Waals surface area contributed by atoms with Crippen molar-refractivity contribution in [2.75, 3.05) is 26.2 Å². The topological polar surface area (TPSA) is 60.9 Å². The maximum absolute atomic E-state index is 12.4. The Labute approximate surface area is 147 Å². The van der Waals surface area contributed by atoms with Crippen molar-refractivity contribution in [2.24, 2.45) is 0 Å². The van der Waals surface area contributed by atoms with Crippen molar-refractivity contribution in [1.82, 2.24) is 9.80 Å². The lowest BCUT2D eigenvalue weighted by atomic mass is 10.1. The van der Waals surface area contributed by atoms with Gasteiger partial charge in [0, 0.05) is 38.2 Å². The molecule has 0 spiro atoms. The van der Waals surface area contributed by atoms with Gasteiger partial charge in [-0.3, -0.25) is 9.59 Å². The van der Waals surface area contributed by atoms with Crippen LogP contribution in [0.2, 0.25) is 0 Å². The largest absolute Gasteiger partial charge is 0.508 e. The molecule has 130 valence electrons. The third kappa shape index (κ3) is 4.38. The molecule has 0 aromatic heterocycles. The second kappa shape index (κ2) is 7.83. The van der Waals surface area contributed by atoms with E-state index in [4.69, 9.17) is 0 Å². The summed E-state index contributed by atoms with van der Waals surface area (Å²) in [5.41, 5.74) is 1.72. The molecule has 0 bridgehead atoms. The number of carbonyl (C=O) groups is 2. The summed E-state index contributed by atoms with van der Waals surface area (Å²) in [5, 5.41) is 9.28. The fourth-order valence-electron chi connectivity index (χ4n) is 2.99. The molecule has 1 saturated heterocycles. The Morgan fingerprint density at radius 1 is 0.840 bits per heavy atom. The van der Waals surface area contributed by atoms with E-state index in [-0.39, 0.29) is 17.6 Å². The molecule has 1 N–H and O–H groups in total. The molecule has 25 heavy (non-hydrogen) atoms. The molecule has 0 radical (unpaired) electrons. The van der Waals surface area contributed by atoms with Gasteiger partial charge < -0.3 is 14.9 Å². The molecule has 0 aliphatic carbocycles. The van der Waals surface area contributed by atoms with E-state index in [1.165, 1.54) is 0 Å². The summed E-state index contributed by atoms with van der Waals surface area (Å²) < 4.78 is 0. The van der Waals surface area contributed by atoms with Gasteiger partial charge in [-0.1, -0.05) is 30.3 Å². The summed E-state index contributed by atoms with van der Waals surface area (Å²) in [7, 11) is 0. The second-order valence-electron chi connectivity index (χ2n) is 6.21. The molecule has 5 nitrogen and oxygen atoms in total. The van der Waals surface area contributed by atoms with Crippen molar-refractivity contribution in [3.63, 3.8) is 0 Å². The Morgan fingerprint density at radius 3 is 2.08 bits per heavy atom. The number of piperazine rings is 1. The van der Waals surface area contributed by atoms with E-state index >= 15 is 0 Å². The number of hydrogen-bond donors (Lipinski definition) is 1. The number of benzene rings is 2. The highest BCUT2D eigenvalue weighted by Crippen LogP contribution is 2.13. The van der Waals surface area contributed by atoms with E-state index in [2.05, 4.69) is 0 Å². The number of phenolic OH excluding ortho intramolecular Hbond substituents is 1. The van der Waals surface area contributed by atoms with E-state index in [1.54, 1.807) is 17.0 Å². The van der Waals surface area contributed by atoms with Crippen LogP contribution in [0.15, 0.2) is 54.6 Å². The van der Waals surface area contributed by atoms with Gasteiger partial charge in [-0.2, -0.15) is 0 Å². The minimum absolute atomic E-state index is 0.0248. The lowest BCUT2D eigenvalue weighted by molar-refractivity contribution is -0.132. The second-order valence-corrected chi connectivity index (χ2v) is 6.21. The summed E-state index contributed by atoms with van der Waals surface area (Å²) in [5.74, 6) is 0.367. The van der Waals surface area contributed by atoms with Gasteiger partial charge in [0.05, 0.1) is 0 Å². The minimum atomic E-state index is 0.0248. The maximum atomic E-state index is 12.4. The maximum Gasteiger partial charge on any atom is 0.253 e. The molecule has 2 aromatic carbocycles. The van der Waals surface area contributed by atoms with Crippen LogP contribution in [-0.4, -0.2) is 52.9 Å². The lowest BCUT2D eigenvalue weighted by Gasteiger charge is -2.35. The zero-order chi connectivity index (χ0) is 17.6. The van der Waals surface area contributed by atoms with Crippen LogP contribution in [0, 0.1) is 0 Å². The number of carbonyl (C=O) groups excluding carboxylic acids is 2. The number of hydrogen-bond acceptors (Lipinski definition) is 3. The molecule has 0 atom stereocenters. The van der Waals surface area contributed by atoms with E-state index in [0.717, 1.165) is 5.56 Å². The van der Waals surface area contributed by atoms with Gasteiger partial charge in [-0.05, 0) is 36.2 Å². The quantitative estimate of drug-likeness (QED) is 0.931. The van der Waals surface area contributed by atoms with Crippen molar-refractivity contribution in [1.29, 1.82) is 0 Å². The molecule has 1 aliphatic heterocycles. The van der Waals surface area contributed by atoms with Crippen LogP contribution in [0.1, 0.15) is 22.3 Å². The monoisotopic (exact) mass is 338 g/mol. The third-order valence-electron chi connectivity index (χ3n) is 4.50. The van der Waals surface area contributed by atoms with Crippen LogP contribution in [0.25, 0.3) is 0 Å². The average Bonchev–Trinajstić information content (AvgIpc) is 2.67. The first-order valence-electron chi connectivity index (χ1n) is 8.53. The van der Waals surface area contributed by atoms with Crippen LogP contribution in [0.4, 0.5) is 0 Å². The van der Waals surface area contributed by atoms with Crippen molar-refractivity contribution >= 4 is 11.8 Å². The number of rotatable bonds is 4. The van der Waals surface area contributed by atoms with E-state index in [9.17, 15) is 14.7 Å². The van der Waals surface area contributed by atoms with Crippen molar-refractivity contribution in [3.05, 3.63) is 65.7 Å². The Balaban J connectivity index is 1.47. The third-order valence-corrected chi connectivity index (χ3v) is 4.50. The summed E-state index contributed by atoms with van der Waals surface area (Å²) in [6.45, 7) is 2.29. The van der Waals surface area contributed by atoms with Gasteiger partial charge in [-0.25, -0.2) is 0 Å². The van der Waals surface area contributed by atoms with Gasteiger partial charge in [0.1, 0.15) is 5.75 Å². The molecule has 5 heteroatoms. The predicted octanol–water partition coefficient (Wildman–Crippen LogP) is 2.31. The van der Waals surface area contributed by atoms with Crippen LogP contribution >= 0.6 is 0 Å². The Bertz CT molecular complexity index is 720. The molecule has 1 aliphatic rings. The molecular weight excluding hydrogens is 316 g/mol. The smallest absolute Gasteiger partial charge is 0.253 e. The van der Waals surface area contributed by atoms with E-state index < -0.39 is 0 Å². The first-order chi connectivity index (χ1) is 12.1. The van der Waals surface area contributed by atoms with Gasteiger partial charge in [-0.15, -0.1) is 0 Å². The zero-order valence-corrected chi connectivity index (χ0v) is 14.1. The normalized spacial score (nSPS) is 14.4. The molecule has 1 heterocycles. The van der Waals surface area contributed by atoms with Crippen molar-refractivity contribution in [3.8, 4) is 5.75 Å². The van der Waals surface area contributed by atoms with Gasteiger partial charge in [0.15, 0.2) is 0 Å². The number of phenols is 1. The lowest BCUT2D eigenvalue weighted by Crippen LogP contribution is -2.50. The van der Waals surface area contributed by atoms with Crippen molar-refractivity contribution < 1.29 is 14.7 Å². The van der Waals surface area contributed by atoms with Crippen LogP contribution < -0.4 is 0 Å². The summed E-state index contributed by atoms with van der Waals surface area (Å²) in [6.07, 6.45) is 1.10. The SMILES string of the molecule is O=C(CCc1ccc(O)cc1)N1CCN(C(=O)c2ccccc2)CC1. The molecule has 0 unspecified atom stereocenters. The molecule has 0 saturated carbocycles. The fourth-order valence-corrected chi connectivity index (χ4v) is 2.99. The predicted molar refractivity (Wildman–Crippen MR) is 95.4 cm³/mol. The Hall–Kier alpha value is -2.82. The highest BCUT2D eigenvalue weighted by molar-refractivity contribution is 5.94. The standard InChI is InChI=1S/C20H22N2O3/c23-18-9-6-16(7-10-18)8-11-19(24)21-12-14-22(15-13-21)20(25)17-4-2-1-3-5-17/h1-7,9-10,23H,8,11-15H2. The van der Waals surface area contributed by atoms with Crippen LogP contribution in [0.5, 0.6) is 5.75 Å². The molecule has 2 amide bonds. The van der Waals surface area contributed by atoms with Gasteiger partial charge in [0.2, 0.25) is 5.91 Å². The highest BCUT2D eigenvalue weighted by atomic mass is 16.3.